The summed E-state index contributed by atoms with van der Waals surface area (Å²) in [4.78, 5) is 17.0. The second-order valence-corrected chi connectivity index (χ2v) is 8.53. The molecule has 0 saturated carbocycles. The van der Waals surface area contributed by atoms with Gasteiger partial charge in [0.2, 0.25) is 5.91 Å². The van der Waals surface area contributed by atoms with E-state index in [0.29, 0.717) is 36.8 Å². The summed E-state index contributed by atoms with van der Waals surface area (Å²) >= 11 is 0. The highest BCUT2D eigenvalue weighted by molar-refractivity contribution is 5.87. The number of H-pyrrole nitrogens is 1. The number of anilines is 1. The molecular weight excluding hydrogens is 392 g/mol. The number of nitrogens with two attached hydrogens (primary N) is 2. The Hall–Kier alpha value is -3.19. The Bertz CT molecular complexity index is 1030. The minimum Gasteiger partial charge on any atom is -0.507 e. The fourth-order valence-corrected chi connectivity index (χ4v) is 4.84. The molecule has 7 heteroatoms. The van der Waals surface area contributed by atoms with Crippen LogP contribution in [0.4, 0.5) is 5.82 Å². The van der Waals surface area contributed by atoms with Crippen molar-refractivity contribution < 1.29 is 14.6 Å². The highest BCUT2D eigenvalue weighted by Crippen LogP contribution is 2.44. The number of nitrogens with zero attached hydrogens (tertiary/aromatic N) is 1. The van der Waals surface area contributed by atoms with E-state index >= 15 is 0 Å². The van der Waals surface area contributed by atoms with Crippen LogP contribution >= 0.6 is 0 Å². The number of aromatic amines is 1. The van der Waals surface area contributed by atoms with Crippen molar-refractivity contribution in [3.8, 4) is 5.75 Å². The number of aromatic nitrogens is 1. The minimum atomic E-state index is -0.195. The van der Waals surface area contributed by atoms with Gasteiger partial charge in [-0.15, -0.1) is 0 Å². The molecule has 2 aromatic rings. The number of phenolic OH excluding ortho intramolecular Hbond substituents is 1. The fraction of sp³-hybridized carbons (Fsp3) is 0.375. The number of para-hydroxylation sites is 1. The maximum atomic E-state index is 11.9. The van der Waals surface area contributed by atoms with Gasteiger partial charge in [-0.3, -0.25) is 4.79 Å². The summed E-state index contributed by atoms with van der Waals surface area (Å²) in [6.07, 6.45) is 5.72. The smallest absolute Gasteiger partial charge is 0.245 e. The lowest BCUT2D eigenvalue weighted by atomic mass is 9.83. The zero-order valence-electron chi connectivity index (χ0n) is 17.9. The number of hydrogen-bond donors (Lipinski definition) is 4. The third kappa shape index (κ3) is 3.93. The van der Waals surface area contributed by atoms with Crippen LogP contribution in [-0.2, 0) is 9.53 Å². The molecule has 1 atom stereocenters. The van der Waals surface area contributed by atoms with Crippen LogP contribution in [0.2, 0.25) is 0 Å². The van der Waals surface area contributed by atoms with E-state index < -0.39 is 0 Å². The van der Waals surface area contributed by atoms with Gasteiger partial charge >= 0.3 is 0 Å². The first-order valence-corrected chi connectivity index (χ1v) is 10.6. The SMILES string of the molecule is C=CC(=O)N1CCC2(CC1)CC(c1[nH]c(N)c(/C=C(\N)c3ccccc3O)c1C)CO2. The summed E-state index contributed by atoms with van der Waals surface area (Å²) in [5.41, 5.74) is 16.3. The van der Waals surface area contributed by atoms with Gasteiger partial charge in [0.25, 0.3) is 0 Å². The predicted molar refractivity (Wildman–Crippen MR) is 122 cm³/mol. The second-order valence-electron chi connectivity index (χ2n) is 8.53. The molecule has 0 bridgehead atoms. The van der Waals surface area contributed by atoms with E-state index in [-0.39, 0.29) is 23.2 Å². The van der Waals surface area contributed by atoms with Crippen molar-refractivity contribution in [1.29, 1.82) is 0 Å². The quantitative estimate of drug-likeness (QED) is 0.565. The van der Waals surface area contributed by atoms with Crippen LogP contribution in [0, 0.1) is 6.92 Å². The summed E-state index contributed by atoms with van der Waals surface area (Å²) in [6, 6.07) is 6.97. The largest absolute Gasteiger partial charge is 0.507 e. The number of nitrogens with one attached hydrogen (secondary N) is 1. The molecule has 4 rings (SSSR count). The molecule has 0 aliphatic carbocycles. The monoisotopic (exact) mass is 422 g/mol. The standard InChI is InChI=1S/C24H30N4O3/c1-3-21(30)28-10-8-24(9-11-28)13-16(14-31-24)22-15(2)18(23(26)27-22)12-19(25)17-6-4-5-7-20(17)29/h3-7,12,16,27,29H,1,8-11,13-14,25-26H2,2H3/b19-12-. The lowest BCUT2D eigenvalue weighted by Crippen LogP contribution is -2.45. The van der Waals surface area contributed by atoms with Crippen LogP contribution in [0.3, 0.4) is 0 Å². The lowest BCUT2D eigenvalue weighted by molar-refractivity contribution is -0.130. The number of ether oxygens (including phenoxy) is 1. The molecule has 1 aromatic heterocycles. The molecule has 2 saturated heterocycles. The number of amides is 1. The zero-order valence-corrected chi connectivity index (χ0v) is 17.9. The highest BCUT2D eigenvalue weighted by atomic mass is 16.5. The van der Waals surface area contributed by atoms with Crippen molar-refractivity contribution >= 4 is 23.5 Å². The van der Waals surface area contributed by atoms with Crippen molar-refractivity contribution in [1.82, 2.24) is 9.88 Å². The topological polar surface area (TPSA) is 118 Å². The van der Waals surface area contributed by atoms with Crippen molar-refractivity contribution in [3.05, 3.63) is 59.3 Å². The summed E-state index contributed by atoms with van der Waals surface area (Å²) in [6.45, 7) is 7.60. The average molecular weight is 423 g/mol. The molecule has 6 N–H and O–H groups in total. The summed E-state index contributed by atoms with van der Waals surface area (Å²) in [5, 5.41) is 10.1. The third-order valence-electron chi connectivity index (χ3n) is 6.66. The lowest BCUT2D eigenvalue weighted by Gasteiger charge is -2.38. The Balaban J connectivity index is 1.52. The van der Waals surface area contributed by atoms with Gasteiger partial charge in [0.15, 0.2) is 0 Å². The Morgan fingerprint density at radius 3 is 2.74 bits per heavy atom. The van der Waals surface area contributed by atoms with E-state index in [1.807, 2.05) is 24.0 Å². The van der Waals surface area contributed by atoms with Crippen molar-refractivity contribution in [2.24, 2.45) is 5.73 Å². The molecule has 2 aliphatic heterocycles. The van der Waals surface area contributed by atoms with Gasteiger partial charge in [0.1, 0.15) is 11.6 Å². The van der Waals surface area contributed by atoms with E-state index in [1.54, 1.807) is 18.2 Å². The van der Waals surface area contributed by atoms with Gasteiger partial charge < -0.3 is 31.2 Å². The van der Waals surface area contributed by atoms with Gasteiger partial charge in [-0.05, 0) is 56.0 Å². The van der Waals surface area contributed by atoms with Gasteiger partial charge in [-0.2, -0.15) is 0 Å². The van der Waals surface area contributed by atoms with Crippen LogP contribution in [-0.4, -0.2) is 46.2 Å². The van der Waals surface area contributed by atoms with Gasteiger partial charge in [-0.1, -0.05) is 18.7 Å². The number of rotatable bonds is 4. The average Bonchev–Trinajstić information content (AvgIpc) is 3.30. The van der Waals surface area contributed by atoms with Crippen LogP contribution < -0.4 is 11.5 Å². The molecule has 31 heavy (non-hydrogen) atoms. The van der Waals surface area contributed by atoms with Gasteiger partial charge in [0, 0.05) is 41.5 Å². The first-order valence-electron chi connectivity index (χ1n) is 10.6. The Morgan fingerprint density at radius 1 is 1.35 bits per heavy atom. The molecule has 1 spiro atoms. The number of phenols is 1. The van der Waals surface area contributed by atoms with Crippen LogP contribution in [0.5, 0.6) is 5.75 Å². The molecule has 7 nitrogen and oxygen atoms in total. The van der Waals surface area contributed by atoms with Crippen LogP contribution in [0.25, 0.3) is 11.8 Å². The van der Waals surface area contributed by atoms with Crippen molar-refractivity contribution in [3.63, 3.8) is 0 Å². The number of likely N-dealkylation sites (tertiary alicyclic amines) is 1. The Morgan fingerprint density at radius 2 is 2.06 bits per heavy atom. The number of aromatic hydroxyl groups is 1. The second kappa shape index (κ2) is 8.15. The Labute approximate surface area is 182 Å². The molecule has 1 amide bonds. The molecule has 2 aliphatic rings. The molecule has 1 aromatic carbocycles. The zero-order chi connectivity index (χ0) is 22.2. The van der Waals surface area contributed by atoms with Gasteiger partial charge in [-0.25, -0.2) is 0 Å². The number of carbonyl (C=O) groups excluding carboxylic acids is 1. The maximum Gasteiger partial charge on any atom is 0.245 e. The number of benzene rings is 1. The third-order valence-corrected chi connectivity index (χ3v) is 6.66. The maximum absolute atomic E-state index is 11.9. The molecule has 2 fully saturated rings. The van der Waals surface area contributed by atoms with Crippen LogP contribution in [0.1, 0.15) is 47.6 Å². The first kappa shape index (κ1) is 21.1. The van der Waals surface area contributed by atoms with E-state index in [2.05, 4.69) is 11.6 Å². The molecule has 0 radical (unpaired) electrons. The van der Waals surface area contributed by atoms with E-state index in [0.717, 1.165) is 36.1 Å². The Kier molecular flexibility index (Phi) is 5.54. The fourth-order valence-electron chi connectivity index (χ4n) is 4.84. The molecule has 164 valence electrons. The molecular formula is C24H30N4O3. The molecule has 1 unspecified atom stereocenters. The van der Waals surface area contributed by atoms with E-state index in [4.69, 9.17) is 16.2 Å². The normalized spacial score (nSPS) is 20.9. The van der Waals surface area contributed by atoms with Crippen LogP contribution in [0.15, 0.2) is 36.9 Å². The van der Waals surface area contributed by atoms with Crippen molar-refractivity contribution in [2.45, 2.75) is 37.7 Å². The number of piperidine rings is 1. The highest BCUT2D eigenvalue weighted by Gasteiger charge is 2.44. The van der Waals surface area contributed by atoms with E-state index in [9.17, 15) is 9.90 Å². The van der Waals surface area contributed by atoms with E-state index in [1.165, 1.54) is 6.08 Å². The summed E-state index contributed by atoms with van der Waals surface area (Å²) in [7, 11) is 0. The van der Waals surface area contributed by atoms with Gasteiger partial charge in [0.05, 0.1) is 12.2 Å². The number of carbonyl (C=O) groups is 1. The number of nitrogen functional groups attached to an aromatic ring is 1. The summed E-state index contributed by atoms with van der Waals surface area (Å²) in [5.74, 6) is 0.877. The predicted octanol–water partition coefficient (Wildman–Crippen LogP) is 3.12. The first-order chi connectivity index (χ1) is 14.8. The summed E-state index contributed by atoms with van der Waals surface area (Å²) < 4.78 is 6.28. The number of hydrogen-bond acceptors (Lipinski definition) is 5. The minimum absolute atomic E-state index is 0.0177. The molecule has 3 heterocycles. The van der Waals surface area contributed by atoms with Crippen molar-refractivity contribution in [2.75, 3.05) is 25.4 Å².